The van der Waals surface area contributed by atoms with Crippen LogP contribution < -0.4 is 9.64 Å². The highest BCUT2D eigenvalue weighted by molar-refractivity contribution is 5.72. The van der Waals surface area contributed by atoms with E-state index in [2.05, 4.69) is 0 Å². The summed E-state index contributed by atoms with van der Waals surface area (Å²) in [6.45, 7) is 0.176. The fraction of sp³-hybridized carbons (Fsp3) is 0.222. The minimum absolute atomic E-state index is 0.176. The smallest absolute Gasteiger partial charge is 0.412 e. The van der Waals surface area contributed by atoms with Gasteiger partial charge in [0.05, 0.1) is 7.11 Å². The van der Waals surface area contributed by atoms with E-state index in [1.54, 1.807) is 43.5 Å². The summed E-state index contributed by atoms with van der Waals surface area (Å²) in [6.07, 6.45) is -1.57. The van der Waals surface area contributed by atoms with Crippen molar-refractivity contribution in [1.29, 1.82) is 0 Å². The number of para-hydroxylation sites is 1. The first-order chi connectivity index (χ1) is 11.0. The Balaban J connectivity index is 1.95. The third-order valence-electron chi connectivity index (χ3n) is 3.89. The number of rotatable bonds is 3. The fourth-order valence-electron chi connectivity index (χ4n) is 2.74. The molecule has 0 saturated carbocycles. The molecule has 2 aromatic rings. The van der Waals surface area contributed by atoms with Gasteiger partial charge in [0.2, 0.25) is 0 Å². The van der Waals surface area contributed by atoms with Crippen molar-refractivity contribution in [2.45, 2.75) is 18.8 Å². The highest BCUT2D eigenvalue weighted by atomic mass is 19.4. The summed E-state index contributed by atoms with van der Waals surface area (Å²) < 4.78 is 45.3. The standard InChI is InChI=1S/C18H16F3NO/c1-23-15-9-6-13(7-10-15)12-22-16-5-3-2-4-14(16)8-11-17(22)18(19,20)21/h2-11,17H,12H2,1H3. The van der Waals surface area contributed by atoms with Gasteiger partial charge in [-0.1, -0.05) is 42.5 Å². The first-order valence-corrected chi connectivity index (χ1v) is 7.22. The number of fused-ring (bicyclic) bond motifs is 1. The summed E-state index contributed by atoms with van der Waals surface area (Å²) in [7, 11) is 1.56. The number of hydrogen-bond acceptors (Lipinski definition) is 2. The molecule has 1 atom stereocenters. The molecule has 0 N–H and O–H groups in total. The van der Waals surface area contributed by atoms with Gasteiger partial charge in [-0.3, -0.25) is 0 Å². The molecule has 120 valence electrons. The van der Waals surface area contributed by atoms with E-state index < -0.39 is 12.2 Å². The van der Waals surface area contributed by atoms with Crippen LogP contribution in [-0.4, -0.2) is 19.3 Å². The Labute approximate surface area is 132 Å². The van der Waals surface area contributed by atoms with E-state index in [0.29, 0.717) is 11.4 Å². The number of alkyl halides is 3. The summed E-state index contributed by atoms with van der Waals surface area (Å²) in [5.74, 6) is 0.681. The molecule has 0 aliphatic carbocycles. The molecule has 0 saturated heterocycles. The van der Waals surface area contributed by atoms with E-state index in [1.165, 1.54) is 17.1 Å². The molecular weight excluding hydrogens is 303 g/mol. The van der Waals surface area contributed by atoms with Gasteiger partial charge in [0.15, 0.2) is 0 Å². The molecule has 3 rings (SSSR count). The Hall–Kier alpha value is -2.43. The predicted octanol–water partition coefficient (Wildman–Crippen LogP) is 4.66. The quantitative estimate of drug-likeness (QED) is 0.816. The second-order valence-electron chi connectivity index (χ2n) is 5.38. The van der Waals surface area contributed by atoms with Crippen molar-refractivity contribution in [2.75, 3.05) is 12.0 Å². The van der Waals surface area contributed by atoms with Crippen molar-refractivity contribution < 1.29 is 17.9 Å². The van der Waals surface area contributed by atoms with Crippen LogP contribution in [0.5, 0.6) is 5.75 Å². The van der Waals surface area contributed by atoms with Crippen LogP contribution in [0.2, 0.25) is 0 Å². The van der Waals surface area contributed by atoms with Crippen LogP contribution in [0.4, 0.5) is 18.9 Å². The normalized spacial score (nSPS) is 17.0. The molecule has 0 bridgehead atoms. The molecular formula is C18H16F3NO. The SMILES string of the molecule is COc1ccc(CN2c3ccccc3C=CC2C(F)(F)F)cc1. The zero-order valence-electron chi connectivity index (χ0n) is 12.5. The molecule has 0 fully saturated rings. The largest absolute Gasteiger partial charge is 0.497 e. The maximum atomic E-state index is 13.4. The second-order valence-corrected chi connectivity index (χ2v) is 5.38. The van der Waals surface area contributed by atoms with Gasteiger partial charge in [-0.15, -0.1) is 0 Å². The van der Waals surface area contributed by atoms with Crippen LogP contribution in [0.15, 0.2) is 54.6 Å². The lowest BCUT2D eigenvalue weighted by molar-refractivity contribution is -0.138. The van der Waals surface area contributed by atoms with Gasteiger partial charge in [0, 0.05) is 12.2 Å². The molecule has 1 aliphatic heterocycles. The fourth-order valence-corrected chi connectivity index (χ4v) is 2.74. The number of anilines is 1. The number of benzene rings is 2. The van der Waals surface area contributed by atoms with Crippen molar-refractivity contribution in [3.05, 3.63) is 65.7 Å². The molecule has 0 radical (unpaired) electrons. The van der Waals surface area contributed by atoms with Gasteiger partial charge < -0.3 is 9.64 Å². The van der Waals surface area contributed by atoms with Crippen LogP contribution in [0.25, 0.3) is 6.08 Å². The average molecular weight is 319 g/mol. The number of methoxy groups -OCH3 is 1. The lowest BCUT2D eigenvalue weighted by Gasteiger charge is -2.36. The third kappa shape index (κ3) is 3.18. The highest BCUT2D eigenvalue weighted by Crippen LogP contribution is 2.37. The third-order valence-corrected chi connectivity index (χ3v) is 3.89. The van der Waals surface area contributed by atoms with Crippen LogP contribution in [0.1, 0.15) is 11.1 Å². The first kappa shape index (κ1) is 15.5. The summed E-state index contributed by atoms with van der Waals surface area (Å²) in [6, 6.07) is 12.6. The molecule has 2 aromatic carbocycles. The van der Waals surface area contributed by atoms with Gasteiger partial charge in [-0.05, 0) is 29.3 Å². The summed E-state index contributed by atoms with van der Waals surface area (Å²) in [4.78, 5) is 1.39. The zero-order chi connectivity index (χ0) is 16.4. The predicted molar refractivity (Wildman–Crippen MR) is 84.5 cm³/mol. The Morgan fingerprint density at radius 2 is 1.74 bits per heavy atom. The Kier molecular flexibility index (Phi) is 4.03. The van der Waals surface area contributed by atoms with Crippen LogP contribution in [-0.2, 0) is 6.54 Å². The number of ether oxygens (including phenoxy) is 1. The monoisotopic (exact) mass is 319 g/mol. The average Bonchev–Trinajstić information content (AvgIpc) is 2.55. The number of halogens is 3. The van der Waals surface area contributed by atoms with Gasteiger partial charge in [-0.2, -0.15) is 13.2 Å². The van der Waals surface area contributed by atoms with Gasteiger partial charge in [0.25, 0.3) is 0 Å². The van der Waals surface area contributed by atoms with Gasteiger partial charge >= 0.3 is 6.18 Å². The molecule has 0 aromatic heterocycles. The lowest BCUT2D eigenvalue weighted by atomic mass is 10.0. The Bertz CT molecular complexity index is 707. The topological polar surface area (TPSA) is 12.5 Å². The summed E-state index contributed by atoms with van der Waals surface area (Å²) in [5.41, 5.74) is 2.18. The van der Waals surface area contributed by atoms with Gasteiger partial charge in [-0.25, -0.2) is 0 Å². The van der Waals surface area contributed by atoms with E-state index in [-0.39, 0.29) is 6.54 Å². The molecule has 1 heterocycles. The lowest BCUT2D eigenvalue weighted by Crippen LogP contribution is -2.45. The Morgan fingerprint density at radius 3 is 2.39 bits per heavy atom. The second kappa shape index (κ2) is 5.99. The van der Waals surface area contributed by atoms with E-state index in [9.17, 15) is 13.2 Å². The first-order valence-electron chi connectivity index (χ1n) is 7.22. The van der Waals surface area contributed by atoms with Crippen molar-refractivity contribution in [3.63, 3.8) is 0 Å². The van der Waals surface area contributed by atoms with E-state index >= 15 is 0 Å². The van der Waals surface area contributed by atoms with Crippen molar-refractivity contribution in [2.24, 2.45) is 0 Å². The Morgan fingerprint density at radius 1 is 1.04 bits per heavy atom. The van der Waals surface area contributed by atoms with Crippen molar-refractivity contribution >= 4 is 11.8 Å². The molecule has 1 aliphatic rings. The summed E-state index contributed by atoms with van der Waals surface area (Å²) >= 11 is 0. The van der Waals surface area contributed by atoms with Crippen LogP contribution in [0.3, 0.4) is 0 Å². The summed E-state index contributed by atoms with van der Waals surface area (Å²) in [5, 5.41) is 0. The van der Waals surface area contributed by atoms with Crippen molar-refractivity contribution in [1.82, 2.24) is 0 Å². The zero-order valence-corrected chi connectivity index (χ0v) is 12.5. The van der Waals surface area contributed by atoms with Crippen LogP contribution >= 0.6 is 0 Å². The van der Waals surface area contributed by atoms with Gasteiger partial charge in [0.1, 0.15) is 11.8 Å². The molecule has 1 unspecified atom stereocenters. The molecule has 2 nitrogen and oxygen atoms in total. The molecule has 0 amide bonds. The van der Waals surface area contributed by atoms with Crippen molar-refractivity contribution in [3.8, 4) is 5.75 Å². The van der Waals surface area contributed by atoms with E-state index in [4.69, 9.17) is 4.74 Å². The minimum atomic E-state index is -4.32. The molecule has 0 spiro atoms. The maximum absolute atomic E-state index is 13.4. The maximum Gasteiger partial charge on any atom is 0.412 e. The number of nitrogens with zero attached hydrogens (tertiary/aromatic N) is 1. The minimum Gasteiger partial charge on any atom is -0.497 e. The van der Waals surface area contributed by atoms with Crippen LogP contribution in [0, 0.1) is 0 Å². The highest BCUT2D eigenvalue weighted by Gasteiger charge is 2.43. The van der Waals surface area contributed by atoms with E-state index in [1.807, 2.05) is 12.1 Å². The molecule has 23 heavy (non-hydrogen) atoms. The molecule has 5 heteroatoms. The number of hydrogen-bond donors (Lipinski definition) is 0. The van der Waals surface area contributed by atoms with E-state index in [0.717, 1.165) is 11.1 Å².